The Balaban J connectivity index is 1.76. The lowest BCUT2D eigenvalue weighted by Crippen LogP contribution is -2.37. The molecule has 3 rings (SSSR count). The maximum Gasteiger partial charge on any atom is 0.305 e. The third-order valence-electron chi connectivity index (χ3n) is 6.89. The van der Waals surface area contributed by atoms with Crippen LogP contribution in [0.1, 0.15) is 65.2 Å². The number of fused-ring (bicyclic) bond motifs is 1. The minimum atomic E-state index is -1.66. The van der Waals surface area contributed by atoms with Gasteiger partial charge in [-0.05, 0) is 50.7 Å². The topological polar surface area (TPSA) is 88.1 Å². The second-order valence-electron chi connectivity index (χ2n) is 9.33. The van der Waals surface area contributed by atoms with Gasteiger partial charge in [0.25, 0.3) is 0 Å². The number of carbonyl (C=O) groups is 3. The molecule has 1 saturated heterocycles. The predicted molar refractivity (Wildman–Crippen MR) is 118 cm³/mol. The summed E-state index contributed by atoms with van der Waals surface area (Å²) in [6, 6.07) is 0. The van der Waals surface area contributed by atoms with Crippen LogP contribution in [0.5, 0.6) is 0 Å². The predicted octanol–water partition coefficient (Wildman–Crippen LogP) is 4.29. The summed E-state index contributed by atoms with van der Waals surface area (Å²) < 4.78 is 52.0. The van der Waals surface area contributed by atoms with E-state index in [1.54, 1.807) is 12.2 Å². The third-order valence-corrected chi connectivity index (χ3v) is 6.89. The summed E-state index contributed by atoms with van der Waals surface area (Å²) in [6.07, 6.45) is 4.58. The van der Waals surface area contributed by atoms with Crippen LogP contribution in [0.2, 0.25) is 0 Å². The van der Waals surface area contributed by atoms with E-state index in [1.165, 1.54) is 27.0 Å². The quantitative estimate of drug-likeness (QED) is 0.209. The number of carbonyl (C=O) groups excluding carboxylic acids is 3. The molecule has 6 atom stereocenters. The molecule has 3 fully saturated rings. The minimum Gasteiger partial charge on any atom is -0.491 e. The van der Waals surface area contributed by atoms with Gasteiger partial charge in [-0.25, -0.2) is 8.78 Å². The molecule has 0 spiro atoms. The Labute approximate surface area is 198 Å². The lowest BCUT2D eigenvalue weighted by Gasteiger charge is -2.28. The highest BCUT2D eigenvalue weighted by Gasteiger charge is 2.55. The molecule has 7 nitrogen and oxygen atoms in total. The number of ether oxygens (including phenoxy) is 4. The zero-order valence-corrected chi connectivity index (χ0v) is 20.0. The van der Waals surface area contributed by atoms with Crippen molar-refractivity contribution >= 4 is 17.9 Å². The van der Waals surface area contributed by atoms with Crippen molar-refractivity contribution < 1.29 is 42.1 Å². The molecule has 0 radical (unpaired) electrons. The molecule has 2 aliphatic carbocycles. The zero-order chi connectivity index (χ0) is 24.9. The first-order valence-electron chi connectivity index (χ1n) is 11.9. The van der Waals surface area contributed by atoms with Crippen molar-refractivity contribution in [2.75, 3.05) is 7.11 Å². The van der Waals surface area contributed by atoms with Gasteiger partial charge in [0.05, 0.1) is 7.11 Å². The first kappa shape index (κ1) is 26.2. The van der Waals surface area contributed by atoms with E-state index >= 15 is 8.78 Å². The van der Waals surface area contributed by atoms with E-state index in [-0.39, 0.29) is 31.0 Å². The van der Waals surface area contributed by atoms with Gasteiger partial charge in [-0.1, -0.05) is 6.08 Å². The number of hydrogen-bond donors (Lipinski definition) is 0. The largest absolute Gasteiger partial charge is 0.491 e. The molecule has 6 unspecified atom stereocenters. The summed E-state index contributed by atoms with van der Waals surface area (Å²) in [4.78, 5) is 34.5. The number of allylic oxidation sites excluding steroid dienone is 2. The molecule has 1 aliphatic heterocycles. The second-order valence-corrected chi connectivity index (χ2v) is 9.33. The molecule has 190 valence electrons. The molecule has 0 aromatic heterocycles. The van der Waals surface area contributed by atoms with Crippen molar-refractivity contribution in [1.82, 2.24) is 0 Å². The first-order chi connectivity index (χ1) is 16.1. The van der Waals surface area contributed by atoms with E-state index in [0.717, 1.165) is 0 Å². The van der Waals surface area contributed by atoms with Crippen molar-refractivity contribution in [3.8, 4) is 0 Å². The van der Waals surface area contributed by atoms with Crippen LogP contribution in [0.4, 0.5) is 8.78 Å². The normalized spacial score (nSPS) is 31.8. The molecule has 0 bridgehead atoms. The fourth-order valence-corrected chi connectivity index (χ4v) is 5.30. The maximum absolute atomic E-state index is 15.4. The Hall–Kier alpha value is -2.45. The van der Waals surface area contributed by atoms with Crippen LogP contribution in [-0.2, 0) is 33.3 Å². The molecular formula is C25H34F2O7. The van der Waals surface area contributed by atoms with Crippen molar-refractivity contribution in [3.05, 3.63) is 24.0 Å². The van der Waals surface area contributed by atoms with Gasteiger partial charge in [0.2, 0.25) is 0 Å². The van der Waals surface area contributed by atoms with Gasteiger partial charge >= 0.3 is 17.9 Å². The van der Waals surface area contributed by atoms with E-state index in [0.29, 0.717) is 32.1 Å². The Morgan fingerprint density at radius 1 is 1.21 bits per heavy atom. The zero-order valence-electron chi connectivity index (χ0n) is 20.0. The van der Waals surface area contributed by atoms with E-state index < -0.39 is 53.9 Å². The summed E-state index contributed by atoms with van der Waals surface area (Å²) >= 11 is 0. The van der Waals surface area contributed by atoms with Crippen molar-refractivity contribution in [2.24, 2.45) is 11.8 Å². The van der Waals surface area contributed by atoms with Crippen LogP contribution in [0, 0.1) is 11.8 Å². The van der Waals surface area contributed by atoms with Crippen molar-refractivity contribution in [1.29, 1.82) is 0 Å². The number of methoxy groups -OCH3 is 1. The van der Waals surface area contributed by atoms with Gasteiger partial charge in [-0.3, -0.25) is 14.4 Å². The molecule has 0 N–H and O–H groups in total. The second kappa shape index (κ2) is 11.3. The van der Waals surface area contributed by atoms with Crippen molar-refractivity contribution in [2.45, 2.75) is 95.4 Å². The Bertz CT molecular complexity index is 818. The summed E-state index contributed by atoms with van der Waals surface area (Å²) in [6.45, 7) is 2.51. The molecule has 34 heavy (non-hydrogen) atoms. The Morgan fingerprint density at radius 3 is 2.53 bits per heavy atom. The lowest BCUT2D eigenvalue weighted by atomic mass is 9.88. The van der Waals surface area contributed by atoms with Crippen LogP contribution < -0.4 is 0 Å². The van der Waals surface area contributed by atoms with Gasteiger partial charge in [0.15, 0.2) is 17.9 Å². The van der Waals surface area contributed by atoms with Gasteiger partial charge in [0, 0.05) is 38.5 Å². The van der Waals surface area contributed by atoms with E-state index in [4.69, 9.17) is 14.2 Å². The van der Waals surface area contributed by atoms with E-state index in [1.807, 2.05) is 0 Å². The average molecular weight is 485 g/mol. The molecule has 0 aromatic rings. The number of unbranched alkanes of at least 4 members (excludes halogenated alkanes) is 1. The van der Waals surface area contributed by atoms with Crippen LogP contribution in [0.25, 0.3) is 0 Å². The molecule has 0 amide bonds. The fourth-order valence-electron chi connectivity index (χ4n) is 5.30. The molecule has 9 heteroatoms. The highest BCUT2D eigenvalue weighted by Crippen LogP contribution is 2.48. The molecule has 1 heterocycles. The van der Waals surface area contributed by atoms with Gasteiger partial charge in [-0.15, -0.1) is 0 Å². The third kappa shape index (κ3) is 6.16. The van der Waals surface area contributed by atoms with Crippen molar-refractivity contribution in [3.63, 3.8) is 0 Å². The molecule has 3 aliphatic rings. The van der Waals surface area contributed by atoms with Crippen LogP contribution in [0.15, 0.2) is 24.0 Å². The summed E-state index contributed by atoms with van der Waals surface area (Å²) in [5, 5.41) is 0. The van der Waals surface area contributed by atoms with Crippen LogP contribution >= 0.6 is 0 Å². The first-order valence-corrected chi connectivity index (χ1v) is 11.9. The summed E-state index contributed by atoms with van der Waals surface area (Å²) in [5.74, 6) is -2.40. The number of halogens is 2. The lowest BCUT2D eigenvalue weighted by molar-refractivity contribution is -0.151. The minimum absolute atomic E-state index is 0.203. The van der Waals surface area contributed by atoms with E-state index in [2.05, 4.69) is 4.74 Å². The molecule has 2 saturated carbocycles. The van der Waals surface area contributed by atoms with Crippen LogP contribution in [0.3, 0.4) is 0 Å². The van der Waals surface area contributed by atoms with E-state index in [9.17, 15) is 14.4 Å². The van der Waals surface area contributed by atoms with Gasteiger partial charge < -0.3 is 18.9 Å². The maximum atomic E-state index is 15.4. The fraction of sp³-hybridized carbons (Fsp3) is 0.720. The van der Waals surface area contributed by atoms with Gasteiger partial charge in [0.1, 0.15) is 18.0 Å². The Morgan fingerprint density at radius 2 is 1.91 bits per heavy atom. The number of esters is 3. The highest BCUT2D eigenvalue weighted by molar-refractivity contribution is 5.69. The summed E-state index contributed by atoms with van der Waals surface area (Å²) in [5.41, 5.74) is -1.66. The molecular weight excluding hydrogens is 450 g/mol. The SMILES string of the molecule is COC(=O)CCC/C=C1/OC2CC(OC(C)=O)C(/C=C/C(OC(C)=O)C3(F)CCCC3)C2C1F. The van der Waals surface area contributed by atoms with Gasteiger partial charge in [-0.2, -0.15) is 0 Å². The standard InChI is InChI=1S/C25H34F2O7/c1-15(28)32-19-14-20-23(24(26)18(34-20)8-4-5-9-22(30)31-3)17(19)10-11-21(33-16(2)29)25(27)12-6-7-13-25/h8,10-11,17,19-21,23-24H,4-7,9,12-14H2,1-3H3/b11-10+,18-8+. The number of hydrogen-bond acceptors (Lipinski definition) is 7. The molecule has 0 aromatic carbocycles. The highest BCUT2D eigenvalue weighted by atomic mass is 19.1. The number of alkyl halides is 2. The van der Waals surface area contributed by atoms with Crippen LogP contribution in [-0.4, -0.2) is 55.2 Å². The summed E-state index contributed by atoms with van der Waals surface area (Å²) in [7, 11) is 1.32. The Kier molecular flexibility index (Phi) is 8.71. The number of rotatable bonds is 9. The average Bonchev–Trinajstić information content (AvgIpc) is 3.44. The smallest absolute Gasteiger partial charge is 0.305 e. The monoisotopic (exact) mass is 484 g/mol.